The lowest BCUT2D eigenvalue weighted by molar-refractivity contribution is -0.135. The highest BCUT2D eigenvalue weighted by molar-refractivity contribution is 5.90. The lowest BCUT2D eigenvalue weighted by Crippen LogP contribution is -2.58. The van der Waals surface area contributed by atoms with Crippen LogP contribution in [0.4, 0.5) is 10.2 Å². The van der Waals surface area contributed by atoms with E-state index in [1.165, 1.54) is 6.07 Å². The highest BCUT2D eigenvalue weighted by Gasteiger charge is 2.56. The van der Waals surface area contributed by atoms with E-state index in [4.69, 9.17) is 5.73 Å². The number of benzene rings is 2. The summed E-state index contributed by atoms with van der Waals surface area (Å²) in [6.45, 7) is 2.36. The van der Waals surface area contributed by atoms with Gasteiger partial charge in [-0.3, -0.25) is 14.5 Å². The molecule has 1 aliphatic heterocycles. The average Bonchev–Trinajstić information content (AvgIpc) is 3.61. The number of nitrogen functional groups attached to an aromatic ring is 1. The lowest BCUT2D eigenvalue weighted by Gasteiger charge is -2.46. The van der Waals surface area contributed by atoms with Crippen LogP contribution in [0.1, 0.15) is 73.4 Å². The summed E-state index contributed by atoms with van der Waals surface area (Å²) < 4.78 is 14.9. The Balaban J connectivity index is 1.20. The van der Waals surface area contributed by atoms with Crippen molar-refractivity contribution < 1.29 is 14.0 Å². The molecule has 1 aromatic heterocycles. The number of halogens is 1. The maximum absolute atomic E-state index is 14.9. The number of hydrogen-bond donors (Lipinski definition) is 3. The molecule has 2 heterocycles. The molecule has 8 heteroatoms. The van der Waals surface area contributed by atoms with Crippen LogP contribution in [0.15, 0.2) is 66.7 Å². The van der Waals surface area contributed by atoms with Crippen molar-refractivity contribution in [2.45, 2.75) is 81.6 Å². The zero-order valence-corrected chi connectivity index (χ0v) is 22.8. The van der Waals surface area contributed by atoms with Gasteiger partial charge in [0, 0.05) is 17.8 Å². The molecule has 3 aliphatic rings. The van der Waals surface area contributed by atoms with Crippen molar-refractivity contribution >= 4 is 17.6 Å². The number of carbonyl (C=O) groups excluding carboxylic acids is 2. The fourth-order valence-electron chi connectivity index (χ4n) is 6.68. The number of piperidine rings is 1. The zero-order chi connectivity index (χ0) is 27.9. The Kier molecular flexibility index (Phi) is 7.04. The molecule has 2 amide bonds. The number of nitrogens with zero attached hydrogens (tertiary/aromatic N) is 2. The van der Waals surface area contributed by atoms with Crippen molar-refractivity contribution in [1.29, 1.82) is 0 Å². The van der Waals surface area contributed by atoms with Crippen LogP contribution in [0.25, 0.3) is 0 Å². The molecule has 4 atom stereocenters. The monoisotopic (exact) mass is 541 g/mol. The number of aryl methyl sites for hydroxylation is 1. The zero-order valence-electron chi connectivity index (χ0n) is 22.8. The highest BCUT2D eigenvalue weighted by atomic mass is 19.1. The summed E-state index contributed by atoms with van der Waals surface area (Å²) in [7, 11) is 0. The summed E-state index contributed by atoms with van der Waals surface area (Å²) in [4.78, 5) is 33.8. The van der Waals surface area contributed by atoms with Crippen molar-refractivity contribution in [3.05, 3.63) is 94.9 Å². The summed E-state index contributed by atoms with van der Waals surface area (Å²) >= 11 is 0. The molecule has 4 N–H and O–H groups in total. The predicted octanol–water partition coefficient (Wildman–Crippen LogP) is 4.39. The predicted molar refractivity (Wildman–Crippen MR) is 152 cm³/mol. The molecule has 3 aromatic rings. The Morgan fingerprint density at radius 3 is 2.58 bits per heavy atom. The van der Waals surface area contributed by atoms with Crippen LogP contribution in [0.5, 0.6) is 0 Å². The Bertz CT molecular complexity index is 1410. The quantitative estimate of drug-likeness (QED) is 0.412. The molecular weight excluding hydrogens is 505 g/mol. The molecular formula is C32H36FN5O2. The number of nitrogens with one attached hydrogen (secondary N) is 2. The second kappa shape index (κ2) is 10.7. The van der Waals surface area contributed by atoms with Crippen LogP contribution >= 0.6 is 0 Å². The second-order valence-electron chi connectivity index (χ2n) is 11.6. The third kappa shape index (κ3) is 5.20. The lowest BCUT2D eigenvalue weighted by atomic mass is 9.79. The maximum atomic E-state index is 14.9. The van der Waals surface area contributed by atoms with Crippen molar-refractivity contribution in [3.8, 4) is 0 Å². The van der Waals surface area contributed by atoms with Crippen LogP contribution in [-0.4, -0.2) is 39.3 Å². The summed E-state index contributed by atoms with van der Waals surface area (Å²) in [6, 6.07) is 19.4. The van der Waals surface area contributed by atoms with E-state index < -0.39 is 12.1 Å². The molecule has 0 unspecified atom stereocenters. The molecule has 2 aromatic carbocycles. The summed E-state index contributed by atoms with van der Waals surface area (Å²) in [6.07, 6.45) is 4.77. The van der Waals surface area contributed by atoms with Crippen molar-refractivity contribution in [2.75, 3.05) is 5.73 Å². The summed E-state index contributed by atoms with van der Waals surface area (Å²) in [5, 5.41) is 6.09. The van der Waals surface area contributed by atoms with Crippen LogP contribution in [0.2, 0.25) is 0 Å². The van der Waals surface area contributed by atoms with Gasteiger partial charge < -0.3 is 16.4 Å². The second-order valence-corrected chi connectivity index (χ2v) is 11.6. The third-order valence-electron chi connectivity index (χ3n) is 8.93. The number of pyridine rings is 1. The van der Waals surface area contributed by atoms with Crippen molar-refractivity contribution in [3.63, 3.8) is 0 Å². The normalized spacial score (nSPS) is 23.8. The smallest absolute Gasteiger partial charge is 0.242 e. The number of carbonyl (C=O) groups is 2. The van der Waals surface area contributed by atoms with Crippen LogP contribution in [0, 0.1) is 5.82 Å². The first kappa shape index (κ1) is 26.4. The van der Waals surface area contributed by atoms with Gasteiger partial charge in [0.1, 0.15) is 17.7 Å². The molecule has 1 saturated carbocycles. The highest BCUT2D eigenvalue weighted by Crippen LogP contribution is 2.55. The molecule has 2 fully saturated rings. The Morgan fingerprint density at radius 2 is 1.82 bits per heavy atom. The number of amides is 2. The maximum Gasteiger partial charge on any atom is 0.242 e. The van der Waals surface area contributed by atoms with Gasteiger partial charge in [-0.25, -0.2) is 9.37 Å². The van der Waals surface area contributed by atoms with Gasteiger partial charge >= 0.3 is 0 Å². The van der Waals surface area contributed by atoms with Crippen LogP contribution in [-0.2, 0) is 22.6 Å². The molecule has 7 nitrogen and oxygen atoms in total. The minimum atomic E-state index is -0.721. The molecule has 40 heavy (non-hydrogen) atoms. The first-order valence-corrected chi connectivity index (χ1v) is 14.2. The molecule has 0 radical (unpaired) electrons. The largest absolute Gasteiger partial charge is 0.384 e. The molecule has 208 valence electrons. The number of rotatable bonds is 7. The first-order valence-electron chi connectivity index (χ1n) is 14.2. The van der Waals surface area contributed by atoms with Gasteiger partial charge in [-0.2, -0.15) is 0 Å². The first-order chi connectivity index (χ1) is 19.3. The van der Waals surface area contributed by atoms with E-state index in [1.54, 1.807) is 19.1 Å². The van der Waals surface area contributed by atoms with E-state index in [0.29, 0.717) is 24.3 Å². The molecule has 2 aliphatic carbocycles. The SMILES string of the molecule is C[C@H](NC(=O)[C@H]1C[C@@H](c2ccccc2F)CC2(CC2)N1Cc1ccccc1)C(=O)N[C@@H]1CCc2nc(N)ccc21. The fourth-order valence-corrected chi connectivity index (χ4v) is 6.68. The van der Waals surface area contributed by atoms with Crippen molar-refractivity contribution in [2.24, 2.45) is 0 Å². The Morgan fingerprint density at radius 1 is 1.07 bits per heavy atom. The van der Waals surface area contributed by atoms with Gasteiger partial charge in [0.15, 0.2) is 0 Å². The molecule has 1 saturated heterocycles. The number of nitrogens with two attached hydrogens (primary N) is 1. The minimum absolute atomic E-state index is 0.0643. The molecule has 0 bridgehead atoms. The summed E-state index contributed by atoms with van der Waals surface area (Å²) in [5.41, 5.74) is 9.37. The molecule has 1 spiro atoms. The third-order valence-corrected chi connectivity index (χ3v) is 8.93. The number of fused-ring (bicyclic) bond motifs is 1. The van der Waals surface area contributed by atoms with Crippen LogP contribution in [0.3, 0.4) is 0 Å². The summed E-state index contributed by atoms with van der Waals surface area (Å²) in [5.74, 6) is -0.237. The van der Waals surface area contributed by atoms with Crippen molar-refractivity contribution in [1.82, 2.24) is 20.5 Å². The van der Waals surface area contributed by atoms with E-state index in [-0.39, 0.29) is 35.1 Å². The number of aromatic nitrogens is 1. The Labute approximate surface area is 234 Å². The number of anilines is 1. The van der Waals surface area contributed by atoms with Gasteiger partial charge in [-0.1, -0.05) is 54.6 Å². The van der Waals surface area contributed by atoms with Gasteiger partial charge in [-0.15, -0.1) is 0 Å². The van der Waals surface area contributed by atoms with E-state index in [1.807, 2.05) is 36.4 Å². The average molecular weight is 542 g/mol. The number of hydrogen-bond acceptors (Lipinski definition) is 5. The van der Waals surface area contributed by atoms with E-state index in [9.17, 15) is 14.0 Å². The van der Waals surface area contributed by atoms with E-state index in [0.717, 1.165) is 48.9 Å². The van der Waals surface area contributed by atoms with Gasteiger partial charge in [-0.05, 0) is 80.2 Å². The van der Waals surface area contributed by atoms with Gasteiger partial charge in [0.2, 0.25) is 11.8 Å². The van der Waals surface area contributed by atoms with Gasteiger partial charge in [0.05, 0.1) is 12.1 Å². The standard InChI is InChI=1S/C32H36FN5O2/c1-20(30(39)37-27-13-12-26-24(27)11-14-29(34)36-26)35-31(40)28-17-22(23-9-5-6-10-25(23)33)18-32(15-16-32)38(28)19-21-7-3-2-4-8-21/h2-11,14,20,22,27-28H,12-13,15-19H2,1H3,(H2,34,36)(H,35,40)(H,37,39)/t20-,22+,27+,28+/m0/s1. The topological polar surface area (TPSA) is 100 Å². The van der Waals surface area contributed by atoms with Crippen LogP contribution < -0.4 is 16.4 Å². The molecule has 6 rings (SSSR count). The van der Waals surface area contributed by atoms with E-state index in [2.05, 4.69) is 32.7 Å². The van der Waals surface area contributed by atoms with Gasteiger partial charge in [0.25, 0.3) is 0 Å². The fraction of sp³-hybridized carbons (Fsp3) is 0.406. The Hall–Kier alpha value is -3.78. The number of likely N-dealkylation sites (tertiary alicyclic amines) is 1. The minimum Gasteiger partial charge on any atom is -0.384 e. The van der Waals surface area contributed by atoms with E-state index >= 15 is 0 Å².